The number of hydrogen-bond donors (Lipinski definition) is 0. The summed E-state index contributed by atoms with van der Waals surface area (Å²) in [4.78, 5) is 10.4. The third kappa shape index (κ3) is 4.26. The molecule has 1 saturated heterocycles. The zero-order valence-corrected chi connectivity index (χ0v) is 12.1. The molecule has 2 rings (SSSR count). The van der Waals surface area contributed by atoms with E-state index in [0.29, 0.717) is 17.7 Å². The van der Waals surface area contributed by atoms with Gasteiger partial charge in [0.05, 0.1) is 28.7 Å². The Bertz CT molecular complexity index is 446. The van der Waals surface area contributed by atoms with Crippen LogP contribution in [0.15, 0.2) is 22.7 Å². The number of hydrogen-bond acceptors (Lipinski definition) is 4. The molecule has 0 radical (unpaired) electrons. The van der Waals surface area contributed by atoms with Gasteiger partial charge in [-0.2, -0.15) is 0 Å². The molecule has 0 bridgehead atoms. The zero-order chi connectivity index (χ0) is 13.7. The van der Waals surface area contributed by atoms with Crippen molar-refractivity contribution in [3.8, 4) is 0 Å². The smallest absolute Gasteiger partial charge is 0.283 e. The molecule has 1 heterocycles. The Balaban J connectivity index is 1.85. The number of nitro benzene ring substituents is 1. The summed E-state index contributed by atoms with van der Waals surface area (Å²) in [7, 11) is 0. The van der Waals surface area contributed by atoms with E-state index in [4.69, 9.17) is 9.47 Å². The van der Waals surface area contributed by atoms with Gasteiger partial charge in [-0.1, -0.05) is 6.07 Å². The molecule has 1 atom stereocenters. The Kier molecular flexibility index (Phi) is 5.30. The number of rotatable bonds is 5. The van der Waals surface area contributed by atoms with E-state index in [1.165, 1.54) is 12.5 Å². The summed E-state index contributed by atoms with van der Waals surface area (Å²) in [6.45, 7) is 1.72. The summed E-state index contributed by atoms with van der Waals surface area (Å²) < 4.78 is 11.6. The summed E-state index contributed by atoms with van der Waals surface area (Å²) in [5.41, 5.74) is 0.862. The van der Waals surface area contributed by atoms with Crippen molar-refractivity contribution in [2.24, 2.45) is 0 Å². The molecule has 1 aromatic rings. The lowest BCUT2D eigenvalue weighted by Crippen LogP contribution is -2.24. The first-order chi connectivity index (χ1) is 9.16. The molecule has 1 aromatic carbocycles. The Morgan fingerprint density at radius 2 is 2.32 bits per heavy atom. The van der Waals surface area contributed by atoms with Gasteiger partial charge in [0.25, 0.3) is 5.69 Å². The summed E-state index contributed by atoms with van der Waals surface area (Å²) >= 11 is 3.16. The SMILES string of the molecule is O=[N+]([O-])c1cc(COCC2CCCCO2)ccc1Br. The molecule has 0 saturated carbocycles. The fourth-order valence-corrected chi connectivity index (χ4v) is 2.43. The highest BCUT2D eigenvalue weighted by Crippen LogP contribution is 2.26. The molecule has 1 aliphatic rings. The fourth-order valence-electron chi connectivity index (χ4n) is 2.04. The van der Waals surface area contributed by atoms with Crippen LogP contribution in [0.5, 0.6) is 0 Å². The second-order valence-electron chi connectivity index (χ2n) is 4.55. The molecular formula is C13H16BrNO4. The van der Waals surface area contributed by atoms with Gasteiger partial charge in [-0.25, -0.2) is 0 Å². The average Bonchev–Trinajstić information content (AvgIpc) is 2.41. The Morgan fingerprint density at radius 1 is 1.47 bits per heavy atom. The van der Waals surface area contributed by atoms with Crippen LogP contribution in [0, 0.1) is 10.1 Å². The van der Waals surface area contributed by atoms with Crippen LogP contribution in [-0.2, 0) is 16.1 Å². The van der Waals surface area contributed by atoms with Gasteiger partial charge in [-0.3, -0.25) is 10.1 Å². The van der Waals surface area contributed by atoms with Crippen LogP contribution in [0.4, 0.5) is 5.69 Å². The lowest BCUT2D eigenvalue weighted by atomic mass is 10.1. The van der Waals surface area contributed by atoms with Crippen molar-refractivity contribution in [1.29, 1.82) is 0 Å². The highest BCUT2D eigenvalue weighted by molar-refractivity contribution is 9.10. The molecule has 0 spiro atoms. The van der Waals surface area contributed by atoms with Gasteiger partial charge in [-0.15, -0.1) is 0 Å². The first kappa shape index (κ1) is 14.4. The second kappa shape index (κ2) is 6.98. The summed E-state index contributed by atoms with van der Waals surface area (Å²) in [5, 5.41) is 10.8. The monoisotopic (exact) mass is 329 g/mol. The van der Waals surface area contributed by atoms with Crippen LogP contribution in [0.1, 0.15) is 24.8 Å². The minimum Gasteiger partial charge on any atom is -0.376 e. The molecular weight excluding hydrogens is 314 g/mol. The molecule has 5 nitrogen and oxygen atoms in total. The van der Waals surface area contributed by atoms with E-state index in [-0.39, 0.29) is 11.8 Å². The highest BCUT2D eigenvalue weighted by Gasteiger charge is 2.15. The van der Waals surface area contributed by atoms with Gasteiger partial charge in [0.2, 0.25) is 0 Å². The van der Waals surface area contributed by atoms with E-state index >= 15 is 0 Å². The van der Waals surface area contributed by atoms with Crippen LogP contribution < -0.4 is 0 Å². The maximum atomic E-state index is 10.8. The zero-order valence-electron chi connectivity index (χ0n) is 10.5. The number of nitro groups is 1. The minimum atomic E-state index is -0.405. The molecule has 0 aromatic heterocycles. The standard InChI is InChI=1S/C13H16BrNO4/c14-12-5-4-10(7-13(12)15(16)17)8-18-9-11-3-1-2-6-19-11/h4-5,7,11H,1-3,6,8-9H2. The first-order valence-electron chi connectivity index (χ1n) is 6.29. The maximum Gasteiger partial charge on any atom is 0.283 e. The third-order valence-corrected chi connectivity index (χ3v) is 3.72. The molecule has 6 heteroatoms. The summed E-state index contributed by atoms with van der Waals surface area (Å²) in [6.07, 6.45) is 3.49. The Labute approximate surface area is 120 Å². The van der Waals surface area contributed by atoms with Crippen molar-refractivity contribution in [2.75, 3.05) is 13.2 Å². The number of ether oxygens (including phenoxy) is 2. The molecule has 0 aliphatic carbocycles. The quantitative estimate of drug-likeness (QED) is 0.613. The van der Waals surface area contributed by atoms with Gasteiger partial charge in [-0.05, 0) is 46.8 Å². The van der Waals surface area contributed by atoms with Crippen molar-refractivity contribution in [2.45, 2.75) is 32.0 Å². The van der Waals surface area contributed by atoms with Crippen molar-refractivity contribution >= 4 is 21.6 Å². The fraction of sp³-hybridized carbons (Fsp3) is 0.538. The molecule has 1 aliphatic heterocycles. The van der Waals surface area contributed by atoms with E-state index in [1.54, 1.807) is 6.07 Å². The van der Waals surface area contributed by atoms with E-state index in [2.05, 4.69) is 15.9 Å². The van der Waals surface area contributed by atoms with Gasteiger partial charge in [0, 0.05) is 12.7 Å². The average molecular weight is 330 g/mol. The Hall–Kier alpha value is -0.980. The molecule has 104 valence electrons. The second-order valence-corrected chi connectivity index (χ2v) is 5.40. The van der Waals surface area contributed by atoms with Crippen LogP contribution in [-0.4, -0.2) is 24.2 Å². The van der Waals surface area contributed by atoms with Gasteiger partial charge < -0.3 is 9.47 Å². The highest BCUT2D eigenvalue weighted by atomic mass is 79.9. The van der Waals surface area contributed by atoms with E-state index in [1.807, 2.05) is 6.07 Å². The van der Waals surface area contributed by atoms with E-state index in [9.17, 15) is 10.1 Å². The van der Waals surface area contributed by atoms with Gasteiger partial charge in [0.1, 0.15) is 0 Å². The minimum absolute atomic E-state index is 0.0648. The predicted molar refractivity (Wildman–Crippen MR) is 74.0 cm³/mol. The van der Waals surface area contributed by atoms with Crippen molar-refractivity contribution in [1.82, 2.24) is 0 Å². The van der Waals surface area contributed by atoms with E-state index < -0.39 is 4.92 Å². The van der Waals surface area contributed by atoms with E-state index in [0.717, 1.165) is 25.0 Å². The molecule has 0 N–H and O–H groups in total. The first-order valence-corrected chi connectivity index (χ1v) is 7.08. The van der Waals surface area contributed by atoms with Crippen molar-refractivity contribution in [3.63, 3.8) is 0 Å². The molecule has 19 heavy (non-hydrogen) atoms. The lowest BCUT2D eigenvalue weighted by Gasteiger charge is -2.22. The number of nitrogens with zero attached hydrogens (tertiary/aromatic N) is 1. The van der Waals surface area contributed by atoms with Crippen LogP contribution >= 0.6 is 15.9 Å². The van der Waals surface area contributed by atoms with Crippen molar-refractivity contribution < 1.29 is 14.4 Å². The Morgan fingerprint density at radius 3 is 3.00 bits per heavy atom. The number of halogens is 1. The molecule has 1 fully saturated rings. The topological polar surface area (TPSA) is 61.6 Å². The predicted octanol–water partition coefficient (Wildman–Crippen LogP) is 3.44. The van der Waals surface area contributed by atoms with Crippen LogP contribution in [0.25, 0.3) is 0 Å². The summed E-state index contributed by atoms with van der Waals surface area (Å²) in [5.74, 6) is 0. The number of benzene rings is 1. The van der Waals surface area contributed by atoms with Crippen molar-refractivity contribution in [3.05, 3.63) is 38.3 Å². The lowest BCUT2D eigenvalue weighted by molar-refractivity contribution is -0.385. The molecule has 0 amide bonds. The van der Waals surface area contributed by atoms with Crippen LogP contribution in [0.2, 0.25) is 0 Å². The largest absolute Gasteiger partial charge is 0.376 e. The summed E-state index contributed by atoms with van der Waals surface area (Å²) in [6, 6.07) is 5.03. The normalized spacial score (nSPS) is 19.3. The van der Waals surface area contributed by atoms with Gasteiger partial charge in [0.15, 0.2) is 0 Å². The maximum absolute atomic E-state index is 10.8. The van der Waals surface area contributed by atoms with Gasteiger partial charge >= 0.3 is 0 Å². The molecule has 1 unspecified atom stereocenters. The third-order valence-electron chi connectivity index (χ3n) is 3.05. The van der Waals surface area contributed by atoms with Crippen LogP contribution in [0.3, 0.4) is 0 Å².